The molecule has 35 heavy (non-hydrogen) atoms. The Hall–Kier alpha value is -3.29. The average Bonchev–Trinajstić information content (AvgIpc) is 3.41. The standard InChI is InChI=1S/C28H32N4O3/c1-17-3-2-4-21-18(14-30-27(17)21)10-12-32-15-20(33)16-35-26-13-19(5-7-24(26)32)31-23-9-11-29-28-22(23)6-8-25(28)34/h2-3,5,7,9,11,13-14,20-21,25,30,33-34H,4,6,8,10,12,15-16H2,1H3,(H,29,31). The van der Waals surface area contributed by atoms with Crippen molar-refractivity contribution in [2.45, 2.75) is 44.8 Å². The molecule has 3 atom stereocenters. The summed E-state index contributed by atoms with van der Waals surface area (Å²) in [6.45, 7) is 3.79. The SMILES string of the molecule is CC1=C2NC=C(CCN3CC(O)COc4cc(Nc5ccnc6c5CCC6O)ccc43)C2CC=C1. The van der Waals surface area contributed by atoms with Gasteiger partial charge in [0.1, 0.15) is 18.5 Å². The molecule has 4 aliphatic rings. The molecule has 4 N–H and O–H groups in total. The third-order valence-electron chi connectivity index (χ3n) is 7.56. The number of benzene rings is 1. The van der Waals surface area contributed by atoms with Gasteiger partial charge in [-0.15, -0.1) is 0 Å². The Balaban J connectivity index is 1.20. The van der Waals surface area contributed by atoms with Crippen LogP contribution in [-0.4, -0.2) is 41.0 Å². The maximum Gasteiger partial charge on any atom is 0.144 e. The van der Waals surface area contributed by atoms with Crippen LogP contribution in [0.15, 0.2) is 65.7 Å². The topological polar surface area (TPSA) is 89.9 Å². The molecule has 0 fully saturated rings. The fourth-order valence-corrected chi connectivity index (χ4v) is 5.72. The average molecular weight is 473 g/mol. The minimum absolute atomic E-state index is 0.271. The van der Waals surface area contributed by atoms with E-state index in [1.807, 2.05) is 12.1 Å². The van der Waals surface area contributed by atoms with Crippen molar-refractivity contribution < 1.29 is 14.9 Å². The number of aliphatic hydroxyl groups excluding tert-OH is 2. The van der Waals surface area contributed by atoms with Crippen LogP contribution in [0.3, 0.4) is 0 Å². The first-order valence-electron chi connectivity index (χ1n) is 12.5. The number of aromatic nitrogens is 1. The quantitative estimate of drug-likeness (QED) is 0.521. The van der Waals surface area contributed by atoms with Crippen molar-refractivity contribution in [2.24, 2.45) is 5.92 Å². The van der Waals surface area contributed by atoms with Gasteiger partial charge in [0.25, 0.3) is 0 Å². The number of aliphatic hydroxyl groups is 2. The second kappa shape index (κ2) is 9.06. The zero-order valence-corrected chi connectivity index (χ0v) is 20.0. The molecule has 2 aliphatic heterocycles. The molecule has 0 radical (unpaired) electrons. The van der Waals surface area contributed by atoms with Crippen LogP contribution in [0.2, 0.25) is 0 Å². The third-order valence-corrected chi connectivity index (χ3v) is 7.56. The molecular formula is C28H32N4O3. The van der Waals surface area contributed by atoms with E-state index >= 15 is 0 Å². The molecule has 0 saturated carbocycles. The minimum atomic E-state index is -0.547. The number of hydrogen-bond acceptors (Lipinski definition) is 7. The highest BCUT2D eigenvalue weighted by molar-refractivity contribution is 5.71. The molecule has 2 aromatic rings. The molecule has 0 bridgehead atoms. The van der Waals surface area contributed by atoms with E-state index in [4.69, 9.17) is 4.74 Å². The summed E-state index contributed by atoms with van der Waals surface area (Å²) in [5.74, 6) is 1.22. The van der Waals surface area contributed by atoms with E-state index in [1.54, 1.807) is 6.20 Å². The molecule has 1 aromatic heterocycles. The van der Waals surface area contributed by atoms with Crippen molar-refractivity contribution in [1.82, 2.24) is 10.3 Å². The fourth-order valence-electron chi connectivity index (χ4n) is 5.72. The smallest absolute Gasteiger partial charge is 0.144 e. The van der Waals surface area contributed by atoms with Crippen LogP contribution in [0.1, 0.15) is 43.5 Å². The van der Waals surface area contributed by atoms with Gasteiger partial charge in [-0.1, -0.05) is 12.2 Å². The molecule has 182 valence electrons. The van der Waals surface area contributed by atoms with Gasteiger partial charge in [-0.2, -0.15) is 0 Å². The van der Waals surface area contributed by atoms with Crippen LogP contribution in [0, 0.1) is 5.92 Å². The Labute approximate surface area is 205 Å². The van der Waals surface area contributed by atoms with Crippen LogP contribution in [0.25, 0.3) is 0 Å². The van der Waals surface area contributed by atoms with Gasteiger partial charge in [0.05, 0.1) is 17.5 Å². The summed E-state index contributed by atoms with van der Waals surface area (Å²) in [5.41, 5.74) is 8.79. The number of rotatable bonds is 5. The summed E-state index contributed by atoms with van der Waals surface area (Å²) in [6.07, 6.45) is 10.8. The zero-order chi connectivity index (χ0) is 23.9. The van der Waals surface area contributed by atoms with Crippen LogP contribution >= 0.6 is 0 Å². The van der Waals surface area contributed by atoms with E-state index in [0.29, 0.717) is 18.9 Å². The number of nitrogens with zero attached hydrogens (tertiary/aromatic N) is 2. The van der Waals surface area contributed by atoms with Crippen LogP contribution in [-0.2, 0) is 6.42 Å². The molecule has 6 rings (SSSR count). The lowest BCUT2D eigenvalue weighted by Gasteiger charge is -2.27. The maximum absolute atomic E-state index is 10.5. The molecular weight excluding hydrogens is 440 g/mol. The summed E-state index contributed by atoms with van der Waals surface area (Å²) >= 11 is 0. The number of allylic oxidation sites excluding steroid dienone is 4. The Bertz CT molecular complexity index is 1230. The highest BCUT2D eigenvalue weighted by Crippen LogP contribution is 2.39. The lowest BCUT2D eigenvalue weighted by molar-refractivity contribution is 0.119. The number of nitrogens with one attached hydrogen (secondary N) is 2. The lowest BCUT2D eigenvalue weighted by Crippen LogP contribution is -2.34. The normalized spacial score (nSPS) is 24.7. The molecule has 3 heterocycles. The number of anilines is 3. The monoisotopic (exact) mass is 472 g/mol. The molecule has 1 aromatic carbocycles. The Morgan fingerprint density at radius 2 is 2.17 bits per heavy atom. The second-order valence-corrected chi connectivity index (χ2v) is 9.90. The van der Waals surface area contributed by atoms with Crippen molar-refractivity contribution in [2.75, 3.05) is 29.9 Å². The molecule has 2 aliphatic carbocycles. The number of pyridine rings is 1. The van der Waals surface area contributed by atoms with Gasteiger partial charge in [-0.3, -0.25) is 4.98 Å². The Morgan fingerprint density at radius 1 is 1.26 bits per heavy atom. The summed E-state index contributed by atoms with van der Waals surface area (Å²) in [6, 6.07) is 8.09. The number of hydrogen-bond donors (Lipinski definition) is 4. The lowest BCUT2D eigenvalue weighted by atomic mass is 9.87. The van der Waals surface area contributed by atoms with Crippen molar-refractivity contribution in [3.63, 3.8) is 0 Å². The second-order valence-electron chi connectivity index (χ2n) is 9.90. The molecule has 0 amide bonds. The summed E-state index contributed by atoms with van der Waals surface area (Å²) in [4.78, 5) is 6.60. The highest BCUT2D eigenvalue weighted by Gasteiger charge is 2.29. The van der Waals surface area contributed by atoms with E-state index in [9.17, 15) is 10.2 Å². The molecule has 7 heteroatoms. The minimum Gasteiger partial charge on any atom is -0.489 e. The van der Waals surface area contributed by atoms with Crippen molar-refractivity contribution in [1.29, 1.82) is 0 Å². The first-order chi connectivity index (χ1) is 17.1. The maximum atomic E-state index is 10.5. The van der Waals surface area contributed by atoms with Crippen LogP contribution in [0.4, 0.5) is 17.1 Å². The van der Waals surface area contributed by atoms with E-state index in [-0.39, 0.29) is 6.61 Å². The van der Waals surface area contributed by atoms with Gasteiger partial charge >= 0.3 is 0 Å². The Morgan fingerprint density at radius 3 is 3.09 bits per heavy atom. The summed E-state index contributed by atoms with van der Waals surface area (Å²) < 4.78 is 6.02. The van der Waals surface area contributed by atoms with Crippen molar-refractivity contribution in [3.05, 3.63) is 76.9 Å². The number of ether oxygens (including phenoxy) is 1. The van der Waals surface area contributed by atoms with Gasteiger partial charge in [-0.05, 0) is 67.5 Å². The summed E-state index contributed by atoms with van der Waals surface area (Å²) in [7, 11) is 0. The number of fused-ring (bicyclic) bond motifs is 3. The van der Waals surface area contributed by atoms with E-state index in [1.165, 1.54) is 16.8 Å². The predicted octanol–water partition coefficient (Wildman–Crippen LogP) is 4.09. The van der Waals surface area contributed by atoms with Gasteiger partial charge in [0.2, 0.25) is 0 Å². The van der Waals surface area contributed by atoms with Gasteiger partial charge in [0.15, 0.2) is 0 Å². The van der Waals surface area contributed by atoms with E-state index in [0.717, 1.165) is 59.9 Å². The van der Waals surface area contributed by atoms with Crippen LogP contribution < -0.4 is 20.3 Å². The van der Waals surface area contributed by atoms with Crippen LogP contribution in [0.5, 0.6) is 5.75 Å². The molecule has 0 saturated heterocycles. The van der Waals surface area contributed by atoms with Crippen molar-refractivity contribution >= 4 is 17.1 Å². The fraction of sp³-hybridized carbons (Fsp3) is 0.393. The third kappa shape index (κ3) is 4.19. The Kier molecular flexibility index (Phi) is 5.74. The van der Waals surface area contributed by atoms with Gasteiger partial charge in [-0.25, -0.2) is 0 Å². The van der Waals surface area contributed by atoms with Crippen molar-refractivity contribution in [3.8, 4) is 5.75 Å². The highest BCUT2D eigenvalue weighted by atomic mass is 16.5. The van der Waals surface area contributed by atoms with Gasteiger partial charge < -0.3 is 30.5 Å². The first kappa shape index (κ1) is 22.2. The molecule has 0 spiro atoms. The molecule has 3 unspecified atom stereocenters. The number of β-amino-alcohol motifs (C(OH)–C–C–N with tert-alkyl or cyclic N) is 1. The largest absolute Gasteiger partial charge is 0.489 e. The predicted molar refractivity (Wildman–Crippen MR) is 137 cm³/mol. The summed E-state index contributed by atoms with van der Waals surface area (Å²) in [5, 5.41) is 27.7. The van der Waals surface area contributed by atoms with E-state index < -0.39 is 12.2 Å². The van der Waals surface area contributed by atoms with E-state index in [2.05, 4.69) is 57.9 Å². The zero-order valence-electron chi connectivity index (χ0n) is 20.0. The van der Waals surface area contributed by atoms with Gasteiger partial charge in [0, 0.05) is 54.5 Å². The first-order valence-corrected chi connectivity index (χ1v) is 12.5. The molecule has 7 nitrogen and oxygen atoms in total.